The molecule has 8 rings (SSSR count). The number of ether oxygens (including phenoxy) is 2. The standard InChI is InChI=1S/C64H113N3O5/c1-41(2)15-13-17-43(5)51-24-26-53-49-22-20-45-37-47(28-32-61(45,7)55(49)30-34-63(51,53)9)71-39-58(68)66-36-12-11-19-57(60(65)70)67-59(69)40-72-48-29-33-62(8)46(38-48)21-23-50-54-27-25-52(44(6)18-14-16-42(3)4)64(54,10)35-31-56(50)62/h41-58,66,68H,11-40H2,1-10H3,(H2,65,70)(H,67,69)/t43?,44-,45?,46?,47-,48-,49?,50?,51+,52+,53?,54?,55?,56?,57-,58?,61?,62-,63+,64+/m0/s1. The second-order valence-corrected chi connectivity index (χ2v) is 29.3. The quantitative estimate of drug-likeness (QED) is 0.0564. The van der Waals surface area contributed by atoms with Gasteiger partial charge in [-0.25, -0.2) is 0 Å². The van der Waals surface area contributed by atoms with Crippen molar-refractivity contribution >= 4 is 11.8 Å². The predicted molar refractivity (Wildman–Crippen MR) is 295 cm³/mol. The number of amides is 2. The van der Waals surface area contributed by atoms with Crippen molar-refractivity contribution in [3.05, 3.63) is 0 Å². The molecule has 72 heavy (non-hydrogen) atoms. The lowest BCUT2D eigenvalue weighted by atomic mass is 9.44. The SMILES string of the molecule is CC(C)CCCC(C)[C@H]1CCC2C3CCC4C[C@@H](OCC(O)NCCCC[C@H](NC(=O)CO[C@H]5CC[C@@]6(C)C(CCC7C6CC[C@@]6(C)C7CC[C@@H]6[C@@H](C)CCCC(C)C)C5)C(N)=O)CCC4(C)C3CC[C@@]21C. The molecule has 8 aliphatic rings. The van der Waals surface area contributed by atoms with Crippen LogP contribution in [0, 0.1) is 105 Å². The number of hydrogen-bond donors (Lipinski definition) is 4. The predicted octanol–water partition coefficient (Wildman–Crippen LogP) is 14.0. The number of nitrogens with two attached hydrogens (primary N) is 1. The van der Waals surface area contributed by atoms with Crippen molar-refractivity contribution in [2.75, 3.05) is 19.8 Å². The first kappa shape index (κ1) is 57.0. The largest absolute Gasteiger partial charge is 0.376 e. The summed E-state index contributed by atoms with van der Waals surface area (Å²) in [4.78, 5) is 25.7. The van der Waals surface area contributed by atoms with Gasteiger partial charge in [0, 0.05) is 0 Å². The average molecular weight is 1000 g/mol. The van der Waals surface area contributed by atoms with Gasteiger partial charge >= 0.3 is 0 Å². The highest BCUT2D eigenvalue weighted by Gasteiger charge is 2.62. The van der Waals surface area contributed by atoms with Gasteiger partial charge in [-0.2, -0.15) is 0 Å². The normalized spacial score (nSPS) is 42.1. The molecule has 11 unspecified atom stereocenters. The Morgan fingerprint density at radius 2 is 1.03 bits per heavy atom. The topological polar surface area (TPSA) is 123 Å². The van der Waals surface area contributed by atoms with Crippen LogP contribution in [0.1, 0.15) is 243 Å². The number of aliphatic hydroxyl groups excluding tert-OH is 1. The van der Waals surface area contributed by atoms with Crippen LogP contribution in [0.2, 0.25) is 0 Å². The van der Waals surface area contributed by atoms with Crippen LogP contribution in [0.5, 0.6) is 0 Å². The van der Waals surface area contributed by atoms with Crippen molar-refractivity contribution < 1.29 is 24.2 Å². The Kier molecular flexibility index (Phi) is 19.2. The van der Waals surface area contributed by atoms with E-state index in [1.54, 1.807) is 0 Å². The first-order valence-corrected chi connectivity index (χ1v) is 31.5. The fourth-order valence-corrected chi connectivity index (χ4v) is 20.5. The minimum absolute atomic E-state index is 0.0183. The third-order valence-corrected chi connectivity index (χ3v) is 24.6. The molecular weight excluding hydrogens is 891 g/mol. The summed E-state index contributed by atoms with van der Waals surface area (Å²) in [6, 6.07) is -0.720. The van der Waals surface area contributed by atoms with Crippen molar-refractivity contribution in [2.45, 2.75) is 267 Å². The Labute approximate surface area is 441 Å². The van der Waals surface area contributed by atoms with Gasteiger partial charge in [0.15, 0.2) is 0 Å². The monoisotopic (exact) mass is 1000 g/mol. The second kappa shape index (κ2) is 24.2. The van der Waals surface area contributed by atoms with E-state index < -0.39 is 18.2 Å². The number of aliphatic hydroxyl groups is 1. The summed E-state index contributed by atoms with van der Waals surface area (Å²) in [5, 5.41) is 17.0. The number of fused-ring (bicyclic) bond motifs is 10. The van der Waals surface area contributed by atoms with Crippen LogP contribution in [-0.4, -0.2) is 61.2 Å². The summed E-state index contributed by atoms with van der Waals surface area (Å²) in [5.74, 6) is 11.1. The van der Waals surface area contributed by atoms with Crippen LogP contribution in [0.25, 0.3) is 0 Å². The first-order chi connectivity index (χ1) is 34.3. The zero-order valence-corrected chi connectivity index (χ0v) is 48.3. The third-order valence-electron chi connectivity index (χ3n) is 24.6. The Balaban J connectivity index is 0.695. The van der Waals surface area contributed by atoms with E-state index in [0.29, 0.717) is 53.6 Å². The number of unbranched alkanes of at least 4 members (excludes halogenated alkanes) is 1. The van der Waals surface area contributed by atoms with Gasteiger partial charge in [0.2, 0.25) is 11.8 Å². The van der Waals surface area contributed by atoms with Crippen LogP contribution >= 0.6 is 0 Å². The summed E-state index contributed by atoms with van der Waals surface area (Å²) in [6.45, 7) is 26.3. The lowest BCUT2D eigenvalue weighted by molar-refractivity contribution is -0.145. The maximum atomic E-state index is 13.2. The Hall–Kier alpha value is -1.22. The van der Waals surface area contributed by atoms with Crippen molar-refractivity contribution in [3.8, 4) is 0 Å². The number of primary amides is 1. The molecule has 5 N–H and O–H groups in total. The number of hydrogen-bond acceptors (Lipinski definition) is 6. The molecule has 0 spiro atoms. The maximum Gasteiger partial charge on any atom is 0.246 e. The summed E-state index contributed by atoms with van der Waals surface area (Å²) < 4.78 is 12.8. The average Bonchev–Trinajstić information content (AvgIpc) is 3.88. The van der Waals surface area contributed by atoms with Crippen molar-refractivity contribution in [1.82, 2.24) is 10.6 Å². The third kappa shape index (κ3) is 12.2. The molecule has 8 nitrogen and oxygen atoms in total. The summed E-state index contributed by atoms with van der Waals surface area (Å²) in [7, 11) is 0. The van der Waals surface area contributed by atoms with Gasteiger partial charge in [-0.1, -0.05) is 108 Å². The van der Waals surface area contributed by atoms with Crippen LogP contribution in [0.4, 0.5) is 0 Å². The molecule has 0 saturated heterocycles. The second-order valence-electron chi connectivity index (χ2n) is 29.3. The van der Waals surface area contributed by atoms with Gasteiger partial charge in [-0.15, -0.1) is 0 Å². The minimum Gasteiger partial charge on any atom is -0.376 e. The maximum absolute atomic E-state index is 13.2. The molecule has 0 aromatic heterocycles. The fraction of sp³-hybridized carbons (Fsp3) is 0.969. The van der Waals surface area contributed by atoms with E-state index in [9.17, 15) is 14.7 Å². The Bertz CT molecular complexity index is 1760. The molecule has 8 heteroatoms. The van der Waals surface area contributed by atoms with Crippen LogP contribution in [0.3, 0.4) is 0 Å². The van der Waals surface area contributed by atoms with Gasteiger partial charge in [-0.3, -0.25) is 14.9 Å². The van der Waals surface area contributed by atoms with Crippen LogP contribution in [0.15, 0.2) is 0 Å². The van der Waals surface area contributed by atoms with E-state index in [4.69, 9.17) is 15.2 Å². The minimum atomic E-state index is -0.721. The zero-order valence-electron chi connectivity index (χ0n) is 48.3. The van der Waals surface area contributed by atoms with Crippen molar-refractivity contribution in [2.24, 2.45) is 110 Å². The highest BCUT2D eigenvalue weighted by molar-refractivity contribution is 5.87. The summed E-state index contributed by atoms with van der Waals surface area (Å²) >= 11 is 0. The first-order valence-electron chi connectivity index (χ1n) is 31.5. The number of carbonyl (C=O) groups is 2. The molecule has 0 aliphatic heterocycles. The zero-order chi connectivity index (χ0) is 51.6. The van der Waals surface area contributed by atoms with E-state index in [2.05, 4.69) is 79.9 Å². The molecule has 0 heterocycles. The van der Waals surface area contributed by atoms with Crippen LogP contribution in [-0.2, 0) is 19.1 Å². The lowest BCUT2D eigenvalue weighted by Gasteiger charge is -2.61. The molecular formula is C64H113N3O5. The molecule has 0 bridgehead atoms. The molecule has 2 amide bonds. The van der Waals surface area contributed by atoms with Crippen molar-refractivity contribution in [1.29, 1.82) is 0 Å². The molecule has 414 valence electrons. The Morgan fingerprint density at radius 3 is 1.51 bits per heavy atom. The van der Waals surface area contributed by atoms with Gasteiger partial charge in [0.05, 0.1) is 18.8 Å². The highest BCUT2D eigenvalue weighted by atomic mass is 16.5. The fourth-order valence-electron chi connectivity index (χ4n) is 20.5. The van der Waals surface area contributed by atoms with E-state index >= 15 is 0 Å². The molecule has 0 radical (unpaired) electrons. The molecule has 8 aliphatic carbocycles. The van der Waals surface area contributed by atoms with Gasteiger partial charge in [-0.05, 0) is 246 Å². The van der Waals surface area contributed by atoms with Gasteiger partial charge < -0.3 is 25.6 Å². The van der Waals surface area contributed by atoms with E-state index in [-0.39, 0.29) is 24.7 Å². The molecule has 0 aromatic rings. The number of nitrogens with one attached hydrogen (secondary N) is 2. The molecule has 20 atom stereocenters. The van der Waals surface area contributed by atoms with E-state index in [0.717, 1.165) is 109 Å². The molecule has 0 aromatic carbocycles. The molecule has 8 fully saturated rings. The van der Waals surface area contributed by atoms with E-state index in [1.165, 1.54) is 128 Å². The van der Waals surface area contributed by atoms with E-state index in [1.807, 2.05) is 0 Å². The number of rotatable bonds is 24. The lowest BCUT2D eigenvalue weighted by Crippen LogP contribution is -2.54. The summed E-state index contributed by atoms with van der Waals surface area (Å²) in [5.41, 5.74) is 7.68. The van der Waals surface area contributed by atoms with Gasteiger partial charge in [0.25, 0.3) is 0 Å². The Morgan fingerprint density at radius 1 is 0.556 bits per heavy atom. The smallest absolute Gasteiger partial charge is 0.246 e. The molecule has 8 saturated carbocycles. The van der Waals surface area contributed by atoms with Crippen LogP contribution < -0.4 is 16.4 Å². The number of carbonyl (C=O) groups excluding carboxylic acids is 2. The van der Waals surface area contributed by atoms with Crippen molar-refractivity contribution in [3.63, 3.8) is 0 Å². The summed E-state index contributed by atoms with van der Waals surface area (Å²) in [6.07, 6.45) is 33.6. The highest BCUT2D eigenvalue weighted by Crippen LogP contribution is 2.70. The van der Waals surface area contributed by atoms with Gasteiger partial charge in [0.1, 0.15) is 18.9 Å².